The molecule has 1 aromatic carbocycles. The molecule has 1 aliphatic carbocycles. The van der Waals surface area contributed by atoms with Crippen molar-refractivity contribution in [2.45, 2.75) is 72.6 Å². The van der Waals surface area contributed by atoms with E-state index in [1.54, 1.807) is 11.8 Å². The van der Waals surface area contributed by atoms with Crippen LogP contribution in [0.5, 0.6) is 0 Å². The molecule has 5 heteroatoms. The van der Waals surface area contributed by atoms with Crippen LogP contribution in [0.25, 0.3) is 0 Å². The number of carbonyl (C=O) groups is 4. The lowest BCUT2D eigenvalue weighted by molar-refractivity contribution is -0.148. The number of aryl methyl sites for hydroxylation is 2. The summed E-state index contributed by atoms with van der Waals surface area (Å²) in [5, 5.41) is 0. The first-order chi connectivity index (χ1) is 15.1. The van der Waals surface area contributed by atoms with Gasteiger partial charge in [0, 0.05) is 37.9 Å². The molecule has 1 heterocycles. The van der Waals surface area contributed by atoms with Crippen molar-refractivity contribution in [1.82, 2.24) is 4.90 Å². The Hall–Kier alpha value is -2.74. The van der Waals surface area contributed by atoms with Gasteiger partial charge >= 0.3 is 0 Å². The first kappa shape index (κ1) is 23.9. The highest BCUT2D eigenvalue weighted by Crippen LogP contribution is 2.46. The molecule has 2 aliphatic rings. The number of Topliss-reactive ketones (excluding diaryl/α,β-unsaturated/α-hetero) is 3. The van der Waals surface area contributed by atoms with Gasteiger partial charge in [-0.05, 0) is 73.8 Å². The molecule has 0 N–H and O–H groups in total. The van der Waals surface area contributed by atoms with Crippen LogP contribution < -0.4 is 0 Å². The van der Waals surface area contributed by atoms with Gasteiger partial charge in [-0.25, -0.2) is 0 Å². The van der Waals surface area contributed by atoms with Crippen LogP contribution in [0.2, 0.25) is 0 Å². The number of carbonyl (C=O) groups excluding carboxylic acids is 4. The highest BCUT2D eigenvalue weighted by molar-refractivity contribution is 6.36. The second kappa shape index (κ2) is 9.40. The molecule has 5 nitrogen and oxygen atoms in total. The molecule has 1 spiro atoms. The molecule has 170 valence electrons. The summed E-state index contributed by atoms with van der Waals surface area (Å²) >= 11 is 0. The number of nitrogens with zero attached hydrogens (tertiary/aromatic N) is 1. The lowest BCUT2D eigenvalue weighted by atomic mass is 9.62. The number of piperidine rings is 1. The van der Waals surface area contributed by atoms with Crippen molar-refractivity contribution < 1.29 is 19.2 Å². The van der Waals surface area contributed by atoms with E-state index >= 15 is 0 Å². The summed E-state index contributed by atoms with van der Waals surface area (Å²) in [4.78, 5) is 52.7. The zero-order valence-corrected chi connectivity index (χ0v) is 19.8. The average Bonchev–Trinajstić information content (AvgIpc) is 2.69. The van der Waals surface area contributed by atoms with E-state index in [0.717, 1.165) is 22.3 Å². The largest absolute Gasteiger partial charge is 0.336 e. The Morgan fingerprint density at radius 3 is 2.06 bits per heavy atom. The molecular weight excluding hydrogens is 402 g/mol. The molecule has 1 aliphatic heterocycles. The lowest BCUT2D eigenvalue weighted by Gasteiger charge is -2.44. The Bertz CT molecular complexity index is 973. The molecule has 3 rings (SSSR count). The van der Waals surface area contributed by atoms with Crippen molar-refractivity contribution in [2.75, 3.05) is 13.1 Å². The number of hydrogen-bond acceptors (Lipinski definition) is 4. The fourth-order valence-corrected chi connectivity index (χ4v) is 5.33. The quantitative estimate of drug-likeness (QED) is 0.408. The maximum atomic E-state index is 13.3. The smallest absolute Gasteiger partial charge is 0.289 e. The molecule has 2 fully saturated rings. The number of benzene rings is 1. The minimum Gasteiger partial charge on any atom is -0.336 e. The van der Waals surface area contributed by atoms with Gasteiger partial charge in [-0.3, -0.25) is 19.2 Å². The van der Waals surface area contributed by atoms with Gasteiger partial charge in [-0.1, -0.05) is 19.8 Å². The van der Waals surface area contributed by atoms with Gasteiger partial charge in [0.25, 0.3) is 5.91 Å². The van der Waals surface area contributed by atoms with Crippen molar-refractivity contribution in [2.24, 2.45) is 11.3 Å². The third-order valence-corrected chi connectivity index (χ3v) is 6.84. The van der Waals surface area contributed by atoms with Gasteiger partial charge < -0.3 is 4.90 Å². The van der Waals surface area contributed by atoms with E-state index in [9.17, 15) is 19.2 Å². The van der Waals surface area contributed by atoms with Crippen LogP contribution in [-0.2, 0) is 19.2 Å². The van der Waals surface area contributed by atoms with E-state index in [-0.39, 0.29) is 29.7 Å². The van der Waals surface area contributed by atoms with Crippen LogP contribution in [0.3, 0.4) is 0 Å². The summed E-state index contributed by atoms with van der Waals surface area (Å²) in [7, 11) is 0. The summed E-state index contributed by atoms with van der Waals surface area (Å²) in [6.07, 6.45) is 2.11. The minimum absolute atomic E-state index is 0.0302. The van der Waals surface area contributed by atoms with Crippen LogP contribution in [0.4, 0.5) is 0 Å². The second-order valence-corrected chi connectivity index (χ2v) is 9.93. The number of rotatable bonds is 4. The van der Waals surface area contributed by atoms with Gasteiger partial charge in [-0.2, -0.15) is 0 Å². The van der Waals surface area contributed by atoms with Crippen LogP contribution in [0.15, 0.2) is 12.1 Å². The summed E-state index contributed by atoms with van der Waals surface area (Å²) in [5.74, 6) is 4.52. The Morgan fingerprint density at radius 1 is 1.06 bits per heavy atom. The first-order valence-electron chi connectivity index (χ1n) is 11.5. The molecule has 32 heavy (non-hydrogen) atoms. The van der Waals surface area contributed by atoms with E-state index in [2.05, 4.69) is 11.8 Å². The van der Waals surface area contributed by atoms with Crippen LogP contribution in [-0.4, -0.2) is 41.2 Å². The summed E-state index contributed by atoms with van der Waals surface area (Å²) < 4.78 is 0. The molecule has 0 bridgehead atoms. The summed E-state index contributed by atoms with van der Waals surface area (Å²) in [6.45, 7) is 10.3. The predicted molar refractivity (Wildman–Crippen MR) is 123 cm³/mol. The summed E-state index contributed by atoms with van der Waals surface area (Å²) in [5.41, 5.74) is 3.17. The lowest BCUT2D eigenvalue weighted by Crippen LogP contribution is -2.49. The zero-order valence-electron chi connectivity index (χ0n) is 19.8. The molecule has 1 saturated carbocycles. The normalized spacial score (nSPS) is 18.6. The number of amides is 1. The Labute approximate surface area is 190 Å². The number of likely N-dealkylation sites (tertiary alicyclic amines) is 1. The molecule has 0 atom stereocenters. The number of hydrogen-bond donors (Lipinski definition) is 0. The van der Waals surface area contributed by atoms with Gasteiger partial charge in [0.15, 0.2) is 0 Å². The Kier molecular flexibility index (Phi) is 7.03. The van der Waals surface area contributed by atoms with Crippen LogP contribution in [0, 0.1) is 37.0 Å². The predicted octanol–water partition coefficient (Wildman–Crippen LogP) is 3.91. The molecule has 1 aromatic rings. The fraction of sp³-hybridized carbons (Fsp3) is 0.556. The Morgan fingerprint density at radius 2 is 1.59 bits per heavy atom. The molecule has 1 amide bonds. The second-order valence-electron chi connectivity index (χ2n) is 9.93. The summed E-state index contributed by atoms with van der Waals surface area (Å²) in [6, 6.07) is 3.89. The monoisotopic (exact) mass is 435 g/mol. The maximum Gasteiger partial charge on any atom is 0.289 e. The highest BCUT2D eigenvalue weighted by atomic mass is 16.2. The first-order valence-corrected chi connectivity index (χ1v) is 11.5. The number of ketones is 3. The SMILES string of the molecule is CC#Cc1cc(C)c(C2C(=O)CC3(CCN(C(=O)C(=O)CC(C)C)CC3)CC2=O)c(C)c1. The van der Waals surface area contributed by atoms with E-state index in [1.165, 1.54) is 0 Å². The molecule has 0 aromatic heterocycles. The minimum atomic E-state index is -0.712. The van der Waals surface area contributed by atoms with E-state index in [1.807, 2.05) is 39.8 Å². The van der Waals surface area contributed by atoms with Gasteiger partial charge in [0.05, 0.1) is 0 Å². The molecule has 0 unspecified atom stereocenters. The van der Waals surface area contributed by atoms with Crippen molar-refractivity contribution in [1.29, 1.82) is 0 Å². The van der Waals surface area contributed by atoms with Gasteiger partial charge in [0.1, 0.15) is 17.5 Å². The highest BCUT2D eigenvalue weighted by Gasteiger charge is 2.48. The van der Waals surface area contributed by atoms with Gasteiger partial charge in [0.2, 0.25) is 5.78 Å². The van der Waals surface area contributed by atoms with E-state index in [4.69, 9.17) is 0 Å². The fourth-order valence-electron chi connectivity index (χ4n) is 5.33. The van der Waals surface area contributed by atoms with Crippen LogP contribution in [0.1, 0.15) is 81.0 Å². The third kappa shape index (κ3) is 4.85. The molecule has 0 radical (unpaired) electrons. The third-order valence-electron chi connectivity index (χ3n) is 6.84. The standard InChI is InChI=1S/C27H33NO4/c1-6-7-20-13-18(4)24(19(5)14-20)25-22(30)15-27(16-23(25)31)8-10-28(11-9-27)26(32)21(29)12-17(2)3/h13-14,17,25H,8-12,15-16H2,1-5H3. The van der Waals surface area contributed by atoms with Crippen molar-refractivity contribution in [3.63, 3.8) is 0 Å². The van der Waals surface area contributed by atoms with Crippen LogP contribution >= 0.6 is 0 Å². The maximum absolute atomic E-state index is 13.3. The van der Waals surface area contributed by atoms with Crippen molar-refractivity contribution in [3.05, 3.63) is 34.4 Å². The average molecular weight is 436 g/mol. The van der Waals surface area contributed by atoms with Gasteiger partial charge in [-0.15, -0.1) is 5.92 Å². The molecular formula is C27H33NO4. The molecule has 1 saturated heterocycles. The van der Waals surface area contributed by atoms with E-state index < -0.39 is 17.2 Å². The topological polar surface area (TPSA) is 71.5 Å². The van der Waals surface area contributed by atoms with Crippen molar-refractivity contribution in [3.8, 4) is 11.8 Å². The van der Waals surface area contributed by atoms with Crippen molar-refractivity contribution >= 4 is 23.3 Å². The zero-order chi connectivity index (χ0) is 23.6. The van der Waals surface area contributed by atoms with E-state index in [0.29, 0.717) is 38.8 Å². The Balaban J connectivity index is 1.73.